The molecule has 0 saturated heterocycles. The molecular weight excluding hydrogens is 297 g/mol. The Bertz CT molecular complexity index is 690. The van der Waals surface area contributed by atoms with Gasteiger partial charge in [-0.3, -0.25) is 4.79 Å². The summed E-state index contributed by atoms with van der Waals surface area (Å²) in [6.45, 7) is 0.0535. The van der Waals surface area contributed by atoms with Gasteiger partial charge in [-0.05, 0) is 12.1 Å². The van der Waals surface area contributed by atoms with E-state index in [-0.39, 0.29) is 18.7 Å². The zero-order valence-electron chi connectivity index (χ0n) is 10.8. The van der Waals surface area contributed by atoms with Crippen LogP contribution in [0.25, 0.3) is 10.9 Å². The summed E-state index contributed by atoms with van der Waals surface area (Å²) < 4.78 is 71.1. The number of Topliss-reactive ketones (excluding diaryl/α,β-unsaturated/α-hetero) is 1. The molecule has 1 aromatic carbocycles. The van der Waals surface area contributed by atoms with Crippen molar-refractivity contribution in [1.29, 1.82) is 0 Å². The molecule has 8 heteroatoms. The van der Waals surface area contributed by atoms with Crippen molar-refractivity contribution in [2.24, 2.45) is 0 Å². The van der Waals surface area contributed by atoms with E-state index in [0.717, 1.165) is 16.8 Å². The van der Waals surface area contributed by atoms with E-state index in [1.54, 1.807) is 0 Å². The zero-order valence-corrected chi connectivity index (χ0v) is 10.8. The molecule has 1 aromatic heterocycles. The molecule has 0 unspecified atom stereocenters. The number of rotatable bonds is 4. The number of methoxy groups -OCH3 is 1. The third-order valence-corrected chi connectivity index (χ3v) is 2.96. The number of carbonyl (C=O) groups excluding carboxylic acids is 1. The molecule has 1 heterocycles. The molecule has 0 bridgehead atoms. The van der Waals surface area contributed by atoms with Crippen LogP contribution in [0.3, 0.4) is 0 Å². The van der Waals surface area contributed by atoms with Crippen LogP contribution in [0, 0.1) is 11.6 Å². The molecule has 2 aromatic rings. The fourth-order valence-corrected chi connectivity index (χ4v) is 2.05. The topological polar surface area (TPSA) is 31.2 Å². The second kappa shape index (κ2) is 5.44. The molecule has 0 N–H and O–H groups in total. The van der Waals surface area contributed by atoms with Gasteiger partial charge in [0, 0.05) is 25.2 Å². The van der Waals surface area contributed by atoms with Gasteiger partial charge in [0.1, 0.15) is 11.6 Å². The minimum atomic E-state index is -5.17. The van der Waals surface area contributed by atoms with Crippen LogP contribution in [0.2, 0.25) is 0 Å². The van der Waals surface area contributed by atoms with Crippen LogP contribution in [0.1, 0.15) is 10.4 Å². The second-order valence-corrected chi connectivity index (χ2v) is 4.31. The quantitative estimate of drug-likeness (QED) is 0.641. The number of hydrogen-bond acceptors (Lipinski definition) is 2. The summed E-state index contributed by atoms with van der Waals surface area (Å²) >= 11 is 0. The number of fused-ring (bicyclic) bond motifs is 1. The molecule has 0 radical (unpaired) electrons. The van der Waals surface area contributed by atoms with Gasteiger partial charge in [0.25, 0.3) is 5.78 Å². The Morgan fingerprint density at radius 2 is 1.86 bits per heavy atom. The Labute approximate surface area is 115 Å². The first-order valence-corrected chi connectivity index (χ1v) is 5.84. The minimum absolute atomic E-state index is 0.0154. The normalized spacial score (nSPS) is 12.1. The summed E-state index contributed by atoms with van der Waals surface area (Å²) in [6, 6.07) is 1.48. The summed E-state index contributed by atoms with van der Waals surface area (Å²) in [6.07, 6.45) is -4.37. The molecule has 114 valence electrons. The van der Waals surface area contributed by atoms with E-state index in [4.69, 9.17) is 4.74 Å². The van der Waals surface area contributed by atoms with Crippen LogP contribution >= 0.6 is 0 Å². The number of carbonyl (C=O) groups is 1. The number of ketones is 1. The fraction of sp³-hybridized carbons (Fsp3) is 0.308. The molecule has 0 fully saturated rings. The molecule has 21 heavy (non-hydrogen) atoms. The average Bonchev–Trinajstić information content (AvgIpc) is 2.79. The molecule has 2 rings (SSSR count). The monoisotopic (exact) mass is 307 g/mol. The molecule has 0 atom stereocenters. The number of nitrogens with zero attached hydrogens (tertiary/aromatic N) is 1. The van der Waals surface area contributed by atoms with Crippen molar-refractivity contribution in [2.45, 2.75) is 12.7 Å². The lowest BCUT2D eigenvalue weighted by molar-refractivity contribution is -0.0884. The molecule has 0 aliphatic heterocycles. The summed E-state index contributed by atoms with van der Waals surface area (Å²) in [5, 5.41) is -0.673. The molecule has 0 spiro atoms. The van der Waals surface area contributed by atoms with Crippen LogP contribution in [0.5, 0.6) is 0 Å². The number of ether oxygens (including phenoxy) is 1. The highest BCUT2D eigenvalue weighted by Crippen LogP contribution is 2.31. The molecule has 0 saturated carbocycles. The Kier molecular flexibility index (Phi) is 3.99. The number of halogens is 5. The minimum Gasteiger partial charge on any atom is -0.383 e. The van der Waals surface area contributed by atoms with Gasteiger partial charge in [-0.15, -0.1) is 0 Å². The Hall–Kier alpha value is -1.96. The first-order chi connectivity index (χ1) is 9.77. The maximum Gasteiger partial charge on any atom is 0.454 e. The van der Waals surface area contributed by atoms with E-state index in [9.17, 15) is 26.7 Å². The van der Waals surface area contributed by atoms with Gasteiger partial charge >= 0.3 is 6.18 Å². The van der Waals surface area contributed by atoms with E-state index in [0.29, 0.717) is 6.07 Å². The van der Waals surface area contributed by atoms with Crippen LogP contribution in [0.4, 0.5) is 22.0 Å². The largest absolute Gasteiger partial charge is 0.454 e. The Balaban J connectivity index is 2.72. The predicted octanol–water partition coefficient (Wildman–Crippen LogP) is 3.31. The van der Waals surface area contributed by atoms with Crippen LogP contribution in [-0.4, -0.2) is 30.2 Å². The Morgan fingerprint density at radius 3 is 2.43 bits per heavy atom. The van der Waals surface area contributed by atoms with Crippen molar-refractivity contribution in [3.05, 3.63) is 35.5 Å². The smallest absolute Gasteiger partial charge is 0.383 e. The van der Waals surface area contributed by atoms with E-state index in [1.165, 1.54) is 7.11 Å². The van der Waals surface area contributed by atoms with Crippen molar-refractivity contribution in [1.82, 2.24) is 4.57 Å². The summed E-state index contributed by atoms with van der Waals surface area (Å²) in [5.74, 6) is -4.22. The number of alkyl halides is 3. The average molecular weight is 307 g/mol. The van der Waals surface area contributed by atoms with Crippen molar-refractivity contribution in [2.75, 3.05) is 13.7 Å². The zero-order chi connectivity index (χ0) is 15.8. The summed E-state index contributed by atoms with van der Waals surface area (Å²) in [5.41, 5.74) is -1.30. The standard InChI is InChI=1S/C13H10F5NO2/c1-21-5-4-19-6-7(12(20)13(16,17)18)10-8(14)2-3-9(15)11(10)19/h2-3,6H,4-5H2,1H3. The first kappa shape index (κ1) is 15.4. The number of aromatic nitrogens is 1. The maximum atomic E-state index is 13.8. The molecule has 3 nitrogen and oxygen atoms in total. The van der Waals surface area contributed by atoms with Crippen LogP contribution in [0.15, 0.2) is 18.3 Å². The van der Waals surface area contributed by atoms with E-state index < -0.39 is 34.5 Å². The maximum absolute atomic E-state index is 13.8. The van der Waals surface area contributed by atoms with Gasteiger partial charge < -0.3 is 9.30 Å². The van der Waals surface area contributed by atoms with Gasteiger partial charge in [0.05, 0.1) is 17.7 Å². The predicted molar refractivity (Wildman–Crippen MR) is 64.1 cm³/mol. The number of benzene rings is 1. The van der Waals surface area contributed by atoms with E-state index in [1.807, 2.05) is 0 Å². The third-order valence-electron chi connectivity index (χ3n) is 2.96. The highest BCUT2D eigenvalue weighted by atomic mass is 19.4. The number of hydrogen-bond donors (Lipinski definition) is 0. The second-order valence-electron chi connectivity index (χ2n) is 4.31. The first-order valence-electron chi connectivity index (χ1n) is 5.84. The molecule has 0 amide bonds. The lowest BCUT2D eigenvalue weighted by atomic mass is 10.1. The van der Waals surface area contributed by atoms with Crippen molar-refractivity contribution >= 4 is 16.7 Å². The third kappa shape index (κ3) is 2.76. The molecule has 0 aliphatic carbocycles. The molecule has 0 aliphatic rings. The summed E-state index contributed by atoms with van der Waals surface area (Å²) in [7, 11) is 1.35. The fourth-order valence-electron chi connectivity index (χ4n) is 2.05. The SMILES string of the molecule is COCCn1cc(C(=O)C(F)(F)F)c2c(F)ccc(F)c21. The van der Waals surface area contributed by atoms with E-state index in [2.05, 4.69) is 0 Å². The van der Waals surface area contributed by atoms with Crippen molar-refractivity contribution in [3.8, 4) is 0 Å². The van der Waals surface area contributed by atoms with Crippen LogP contribution in [-0.2, 0) is 11.3 Å². The van der Waals surface area contributed by atoms with Gasteiger partial charge in [-0.2, -0.15) is 13.2 Å². The van der Waals surface area contributed by atoms with Crippen LogP contribution < -0.4 is 0 Å². The highest BCUT2D eigenvalue weighted by Gasteiger charge is 2.41. The van der Waals surface area contributed by atoms with Gasteiger partial charge in [-0.1, -0.05) is 0 Å². The lowest BCUT2D eigenvalue weighted by Gasteiger charge is -2.05. The Morgan fingerprint density at radius 1 is 1.24 bits per heavy atom. The van der Waals surface area contributed by atoms with Crippen molar-refractivity contribution in [3.63, 3.8) is 0 Å². The van der Waals surface area contributed by atoms with E-state index >= 15 is 0 Å². The van der Waals surface area contributed by atoms with Gasteiger partial charge in [0.2, 0.25) is 0 Å². The van der Waals surface area contributed by atoms with Gasteiger partial charge in [0.15, 0.2) is 0 Å². The summed E-state index contributed by atoms with van der Waals surface area (Å²) in [4.78, 5) is 11.4. The van der Waals surface area contributed by atoms with Gasteiger partial charge in [-0.25, -0.2) is 8.78 Å². The lowest BCUT2D eigenvalue weighted by Crippen LogP contribution is -2.22. The highest BCUT2D eigenvalue weighted by molar-refractivity contribution is 6.10. The van der Waals surface area contributed by atoms with Crippen molar-refractivity contribution < 1.29 is 31.5 Å². The molecular formula is C13H10F5NO2.